The molecule has 3 N–H and O–H groups in total. The number of nitrogens with zero attached hydrogens (tertiary/aromatic N) is 4. The first-order chi connectivity index (χ1) is 18.6. The zero-order valence-corrected chi connectivity index (χ0v) is 20.9. The lowest BCUT2D eigenvalue weighted by atomic mass is 9.92. The number of piperidine rings is 1. The fraction of sp³-hybridized carbons (Fsp3) is 0.267. The molecule has 190 valence electrons. The zero-order valence-electron chi connectivity index (χ0n) is 20.9. The van der Waals surface area contributed by atoms with E-state index in [1.54, 1.807) is 4.90 Å². The predicted molar refractivity (Wildman–Crippen MR) is 145 cm³/mol. The van der Waals surface area contributed by atoms with Gasteiger partial charge in [0.1, 0.15) is 23.1 Å². The number of aromatic amines is 1. The van der Waals surface area contributed by atoms with E-state index in [2.05, 4.69) is 16.3 Å². The molecule has 8 heteroatoms. The van der Waals surface area contributed by atoms with Crippen LogP contribution in [0.4, 0.5) is 5.82 Å². The second-order valence-electron chi connectivity index (χ2n) is 9.99. The molecular formula is C30H28N6O2. The van der Waals surface area contributed by atoms with Gasteiger partial charge < -0.3 is 15.4 Å². The highest BCUT2D eigenvalue weighted by Crippen LogP contribution is 2.36. The van der Waals surface area contributed by atoms with Crippen LogP contribution in [0.3, 0.4) is 0 Å². The number of para-hydroxylation sites is 1. The number of pyridine rings is 1. The molecule has 1 atom stereocenters. The number of likely N-dealkylation sites (tertiary alicyclic amines) is 1. The van der Waals surface area contributed by atoms with Crippen LogP contribution in [0.5, 0.6) is 11.5 Å². The number of nitriles is 1. The number of anilines is 1. The van der Waals surface area contributed by atoms with Crippen molar-refractivity contribution in [3.63, 3.8) is 0 Å². The van der Waals surface area contributed by atoms with Crippen LogP contribution in [0.15, 0.2) is 72.3 Å². The monoisotopic (exact) mass is 504 g/mol. The minimum absolute atomic E-state index is 0.0435. The van der Waals surface area contributed by atoms with E-state index < -0.39 is 0 Å². The van der Waals surface area contributed by atoms with Crippen LogP contribution in [0.1, 0.15) is 37.3 Å². The molecule has 0 spiro atoms. The van der Waals surface area contributed by atoms with Crippen LogP contribution in [0, 0.1) is 17.2 Å². The number of nitrogens with one attached hydrogen (secondary N) is 1. The highest BCUT2D eigenvalue weighted by molar-refractivity contribution is 6.00. The molecule has 1 aliphatic carbocycles. The Hall–Kier alpha value is -4.64. The van der Waals surface area contributed by atoms with Gasteiger partial charge >= 0.3 is 0 Å². The lowest BCUT2D eigenvalue weighted by molar-refractivity contribution is -0.127. The second kappa shape index (κ2) is 10.0. The summed E-state index contributed by atoms with van der Waals surface area (Å²) >= 11 is 0. The maximum Gasteiger partial charge on any atom is 0.264 e. The summed E-state index contributed by atoms with van der Waals surface area (Å²) in [5, 5.41) is 17.6. The first kappa shape index (κ1) is 23.7. The van der Waals surface area contributed by atoms with Crippen molar-refractivity contribution < 1.29 is 9.53 Å². The molecule has 2 fully saturated rings. The number of carbonyl (C=O) groups is 1. The summed E-state index contributed by atoms with van der Waals surface area (Å²) < 4.78 is 5.95. The van der Waals surface area contributed by atoms with Crippen molar-refractivity contribution in [3.8, 4) is 28.8 Å². The molecule has 0 unspecified atom stereocenters. The Balaban J connectivity index is 1.29. The maximum atomic E-state index is 13.1. The Morgan fingerprint density at radius 1 is 1.11 bits per heavy atom. The largest absolute Gasteiger partial charge is 0.457 e. The Kier molecular flexibility index (Phi) is 6.26. The van der Waals surface area contributed by atoms with Crippen molar-refractivity contribution in [2.24, 2.45) is 5.92 Å². The standard InChI is InChI=1S/C30H28N6O2/c31-17-22(15-19-8-9-19)30(37)36-14-4-5-21(18-36)25-16-26-27(29(32)35-34-26)28(33-25)20-10-12-24(13-11-20)38-23-6-2-1-3-7-23/h1-3,6-7,10-13,15-16,19,21H,4-5,8-9,14,18H2,(H3,32,34,35)/b22-15+/t21-/m0/s1. The zero-order chi connectivity index (χ0) is 26.1. The number of carbonyl (C=O) groups excluding carboxylic acids is 1. The summed E-state index contributed by atoms with van der Waals surface area (Å²) in [6.45, 7) is 1.17. The minimum Gasteiger partial charge on any atom is -0.457 e. The quantitative estimate of drug-likeness (QED) is 0.262. The summed E-state index contributed by atoms with van der Waals surface area (Å²) in [5.74, 6) is 2.12. The lowest BCUT2D eigenvalue weighted by Crippen LogP contribution is -2.40. The van der Waals surface area contributed by atoms with Gasteiger partial charge in [0.2, 0.25) is 0 Å². The molecule has 8 nitrogen and oxygen atoms in total. The molecule has 2 aliphatic rings. The summed E-state index contributed by atoms with van der Waals surface area (Å²) in [4.78, 5) is 20.0. The van der Waals surface area contributed by atoms with Crippen LogP contribution in [0.25, 0.3) is 22.2 Å². The number of fused-ring (bicyclic) bond motifs is 1. The molecular weight excluding hydrogens is 476 g/mol. The van der Waals surface area contributed by atoms with Gasteiger partial charge in [-0.05, 0) is 74.1 Å². The molecule has 1 saturated carbocycles. The Morgan fingerprint density at radius 3 is 2.61 bits per heavy atom. The number of nitrogen functional groups attached to an aromatic ring is 1. The van der Waals surface area contributed by atoms with Crippen LogP contribution in [-0.4, -0.2) is 39.1 Å². The van der Waals surface area contributed by atoms with Gasteiger partial charge in [0, 0.05) is 30.3 Å². The van der Waals surface area contributed by atoms with E-state index in [4.69, 9.17) is 15.5 Å². The first-order valence-corrected chi connectivity index (χ1v) is 13.0. The number of amides is 1. The van der Waals surface area contributed by atoms with Crippen LogP contribution in [-0.2, 0) is 4.79 Å². The van der Waals surface area contributed by atoms with E-state index in [0.717, 1.165) is 65.0 Å². The predicted octanol–water partition coefficient (Wildman–Crippen LogP) is 5.57. The molecule has 1 saturated heterocycles. The summed E-state index contributed by atoms with van der Waals surface area (Å²) in [6.07, 6.45) is 5.71. The fourth-order valence-electron chi connectivity index (χ4n) is 5.04. The molecule has 1 aliphatic heterocycles. The van der Waals surface area contributed by atoms with Gasteiger partial charge in [-0.3, -0.25) is 14.9 Å². The number of H-pyrrole nitrogens is 1. The number of allylic oxidation sites excluding steroid dienone is 1. The lowest BCUT2D eigenvalue weighted by Gasteiger charge is -2.32. The van der Waals surface area contributed by atoms with Crippen molar-refractivity contribution >= 4 is 22.6 Å². The topological polar surface area (TPSA) is 121 Å². The van der Waals surface area contributed by atoms with Gasteiger partial charge in [0.15, 0.2) is 5.82 Å². The summed E-state index contributed by atoms with van der Waals surface area (Å²) in [5.41, 5.74) is 9.82. The van der Waals surface area contributed by atoms with Gasteiger partial charge in [0.05, 0.1) is 16.6 Å². The van der Waals surface area contributed by atoms with E-state index >= 15 is 0 Å². The van der Waals surface area contributed by atoms with Crippen molar-refractivity contribution in [2.45, 2.75) is 31.6 Å². The minimum atomic E-state index is -0.176. The smallest absolute Gasteiger partial charge is 0.264 e. The molecule has 2 aromatic carbocycles. The van der Waals surface area contributed by atoms with Crippen LogP contribution in [0.2, 0.25) is 0 Å². The number of ether oxygens (including phenoxy) is 1. The van der Waals surface area contributed by atoms with Crippen LogP contribution >= 0.6 is 0 Å². The molecule has 0 radical (unpaired) electrons. The van der Waals surface area contributed by atoms with E-state index in [1.165, 1.54) is 0 Å². The molecule has 6 rings (SSSR count). The van der Waals surface area contributed by atoms with Gasteiger partial charge in [-0.15, -0.1) is 0 Å². The van der Waals surface area contributed by atoms with Crippen LogP contribution < -0.4 is 10.5 Å². The molecule has 0 bridgehead atoms. The molecule has 1 amide bonds. The van der Waals surface area contributed by atoms with Crippen molar-refractivity contribution in [1.29, 1.82) is 5.26 Å². The highest BCUT2D eigenvalue weighted by atomic mass is 16.5. The maximum absolute atomic E-state index is 13.1. The van der Waals surface area contributed by atoms with E-state index in [-0.39, 0.29) is 17.4 Å². The molecule has 3 heterocycles. The van der Waals surface area contributed by atoms with Crippen molar-refractivity contribution in [2.75, 3.05) is 18.8 Å². The SMILES string of the molecule is N#C/C(=C\C1CC1)C(=O)N1CCC[C@H](c2cc3[nH]nc(N)c3c(-c3ccc(Oc4ccccc4)cc3)n2)C1. The average molecular weight is 505 g/mol. The van der Waals surface area contributed by atoms with Gasteiger partial charge in [-0.25, -0.2) is 0 Å². The average Bonchev–Trinajstić information content (AvgIpc) is 3.71. The number of benzene rings is 2. The Labute approximate surface area is 220 Å². The summed E-state index contributed by atoms with van der Waals surface area (Å²) in [6, 6.07) is 21.5. The van der Waals surface area contributed by atoms with Gasteiger partial charge in [-0.1, -0.05) is 24.3 Å². The molecule has 38 heavy (non-hydrogen) atoms. The number of aromatic nitrogens is 3. The third-order valence-electron chi connectivity index (χ3n) is 7.20. The van der Waals surface area contributed by atoms with E-state index in [1.807, 2.05) is 66.7 Å². The van der Waals surface area contributed by atoms with Crippen molar-refractivity contribution in [1.82, 2.24) is 20.1 Å². The highest BCUT2D eigenvalue weighted by Gasteiger charge is 2.30. The molecule has 2 aromatic heterocycles. The van der Waals surface area contributed by atoms with Gasteiger partial charge in [-0.2, -0.15) is 10.4 Å². The fourth-order valence-corrected chi connectivity index (χ4v) is 5.04. The summed E-state index contributed by atoms with van der Waals surface area (Å²) in [7, 11) is 0. The first-order valence-electron chi connectivity index (χ1n) is 13.0. The number of hydrogen-bond acceptors (Lipinski definition) is 6. The normalized spacial score (nSPS) is 17.8. The van der Waals surface area contributed by atoms with Crippen molar-refractivity contribution in [3.05, 3.63) is 78.0 Å². The molecule has 4 aromatic rings. The Bertz CT molecular complexity index is 1550. The van der Waals surface area contributed by atoms with E-state index in [0.29, 0.717) is 24.8 Å². The van der Waals surface area contributed by atoms with E-state index in [9.17, 15) is 10.1 Å². The third kappa shape index (κ3) is 4.83. The second-order valence-corrected chi connectivity index (χ2v) is 9.99. The third-order valence-corrected chi connectivity index (χ3v) is 7.20. The number of hydrogen-bond donors (Lipinski definition) is 2. The Morgan fingerprint density at radius 2 is 1.87 bits per heavy atom. The van der Waals surface area contributed by atoms with Gasteiger partial charge in [0.25, 0.3) is 5.91 Å². The number of rotatable bonds is 6. The number of nitrogens with two attached hydrogens (primary N) is 1.